The van der Waals surface area contributed by atoms with Gasteiger partial charge in [-0.05, 0) is 46.8 Å². The second-order valence-electron chi connectivity index (χ2n) is 3.79. The van der Waals surface area contributed by atoms with Crippen molar-refractivity contribution >= 4 is 15.9 Å². The lowest BCUT2D eigenvalue weighted by Crippen LogP contribution is -2.24. The number of rotatable bonds is 2. The highest BCUT2D eigenvalue weighted by Gasteiger charge is 2.38. The SMILES string of the molecule is NC1(Cc2cccc(O)c2Br)CC1. The van der Waals surface area contributed by atoms with Crippen LogP contribution in [-0.2, 0) is 6.42 Å². The number of hydrogen-bond acceptors (Lipinski definition) is 2. The van der Waals surface area contributed by atoms with Crippen LogP contribution in [-0.4, -0.2) is 10.6 Å². The Bertz CT molecular complexity index is 334. The zero-order chi connectivity index (χ0) is 9.47. The molecule has 1 saturated carbocycles. The van der Waals surface area contributed by atoms with Gasteiger partial charge in [-0.2, -0.15) is 0 Å². The zero-order valence-electron chi connectivity index (χ0n) is 7.26. The van der Waals surface area contributed by atoms with Gasteiger partial charge in [0.2, 0.25) is 0 Å². The largest absolute Gasteiger partial charge is 0.507 e. The Balaban J connectivity index is 2.25. The Morgan fingerprint density at radius 3 is 2.77 bits per heavy atom. The van der Waals surface area contributed by atoms with Crippen LogP contribution in [0.3, 0.4) is 0 Å². The fourth-order valence-corrected chi connectivity index (χ4v) is 1.82. The molecule has 1 aliphatic rings. The molecule has 1 aromatic carbocycles. The van der Waals surface area contributed by atoms with Crippen LogP contribution in [0.1, 0.15) is 18.4 Å². The molecule has 0 heterocycles. The average molecular weight is 242 g/mol. The summed E-state index contributed by atoms with van der Waals surface area (Å²) >= 11 is 3.36. The molecule has 2 rings (SSSR count). The molecule has 1 aliphatic carbocycles. The summed E-state index contributed by atoms with van der Waals surface area (Å²) < 4.78 is 0.784. The zero-order valence-corrected chi connectivity index (χ0v) is 8.84. The van der Waals surface area contributed by atoms with Gasteiger partial charge in [-0.15, -0.1) is 0 Å². The van der Waals surface area contributed by atoms with E-state index in [1.807, 2.05) is 12.1 Å². The topological polar surface area (TPSA) is 46.2 Å². The molecule has 1 fully saturated rings. The molecular weight excluding hydrogens is 230 g/mol. The maximum atomic E-state index is 9.43. The van der Waals surface area contributed by atoms with E-state index in [0.29, 0.717) is 5.75 Å². The first kappa shape index (κ1) is 9.03. The van der Waals surface area contributed by atoms with Crippen molar-refractivity contribution in [2.45, 2.75) is 24.8 Å². The van der Waals surface area contributed by atoms with Crippen molar-refractivity contribution in [3.8, 4) is 5.75 Å². The van der Waals surface area contributed by atoms with E-state index in [1.54, 1.807) is 6.07 Å². The van der Waals surface area contributed by atoms with Crippen LogP contribution in [0.15, 0.2) is 22.7 Å². The van der Waals surface area contributed by atoms with E-state index in [4.69, 9.17) is 5.73 Å². The first-order valence-electron chi connectivity index (χ1n) is 4.36. The van der Waals surface area contributed by atoms with E-state index in [0.717, 1.165) is 29.3 Å². The maximum absolute atomic E-state index is 9.43. The van der Waals surface area contributed by atoms with Gasteiger partial charge in [0.1, 0.15) is 5.75 Å². The van der Waals surface area contributed by atoms with Crippen LogP contribution in [0.5, 0.6) is 5.75 Å². The minimum Gasteiger partial charge on any atom is -0.507 e. The lowest BCUT2D eigenvalue weighted by Gasteiger charge is -2.10. The van der Waals surface area contributed by atoms with Gasteiger partial charge in [0.05, 0.1) is 4.47 Å². The van der Waals surface area contributed by atoms with Gasteiger partial charge in [-0.3, -0.25) is 0 Å². The summed E-state index contributed by atoms with van der Waals surface area (Å²) in [7, 11) is 0. The third-order valence-corrected chi connectivity index (χ3v) is 3.41. The van der Waals surface area contributed by atoms with Crippen molar-refractivity contribution in [1.29, 1.82) is 0 Å². The summed E-state index contributed by atoms with van der Waals surface area (Å²) in [5, 5.41) is 9.43. The summed E-state index contributed by atoms with van der Waals surface area (Å²) in [4.78, 5) is 0. The molecule has 0 atom stereocenters. The second-order valence-corrected chi connectivity index (χ2v) is 4.58. The smallest absolute Gasteiger partial charge is 0.130 e. The molecule has 0 unspecified atom stereocenters. The standard InChI is InChI=1S/C10H12BrNO/c11-9-7(2-1-3-8(9)13)6-10(12)4-5-10/h1-3,13H,4-6,12H2. The molecule has 0 saturated heterocycles. The lowest BCUT2D eigenvalue weighted by atomic mass is 10.1. The monoisotopic (exact) mass is 241 g/mol. The highest BCUT2D eigenvalue weighted by atomic mass is 79.9. The van der Waals surface area contributed by atoms with Gasteiger partial charge >= 0.3 is 0 Å². The average Bonchev–Trinajstić information content (AvgIpc) is 2.78. The van der Waals surface area contributed by atoms with E-state index in [-0.39, 0.29) is 5.54 Å². The van der Waals surface area contributed by atoms with Crippen molar-refractivity contribution in [1.82, 2.24) is 0 Å². The molecule has 0 aromatic heterocycles. The van der Waals surface area contributed by atoms with E-state index in [2.05, 4.69) is 15.9 Å². The van der Waals surface area contributed by atoms with E-state index in [1.165, 1.54) is 0 Å². The fraction of sp³-hybridized carbons (Fsp3) is 0.400. The highest BCUT2D eigenvalue weighted by molar-refractivity contribution is 9.10. The van der Waals surface area contributed by atoms with Gasteiger partial charge in [0.25, 0.3) is 0 Å². The van der Waals surface area contributed by atoms with Crippen LogP contribution in [0, 0.1) is 0 Å². The number of halogens is 1. The predicted octanol–water partition coefficient (Wildman–Crippen LogP) is 2.19. The molecular formula is C10H12BrNO. The van der Waals surface area contributed by atoms with Gasteiger partial charge in [-0.1, -0.05) is 12.1 Å². The first-order valence-corrected chi connectivity index (χ1v) is 5.15. The van der Waals surface area contributed by atoms with Crippen LogP contribution < -0.4 is 5.73 Å². The van der Waals surface area contributed by atoms with Crippen LogP contribution in [0.2, 0.25) is 0 Å². The van der Waals surface area contributed by atoms with Gasteiger partial charge in [0.15, 0.2) is 0 Å². The molecule has 13 heavy (non-hydrogen) atoms. The molecule has 3 N–H and O–H groups in total. The van der Waals surface area contributed by atoms with Gasteiger partial charge in [0, 0.05) is 5.54 Å². The molecule has 0 amide bonds. The number of hydrogen-bond donors (Lipinski definition) is 2. The summed E-state index contributed by atoms with van der Waals surface area (Å²) in [6, 6.07) is 5.52. The molecule has 0 radical (unpaired) electrons. The summed E-state index contributed by atoms with van der Waals surface area (Å²) in [6.45, 7) is 0. The van der Waals surface area contributed by atoms with E-state index >= 15 is 0 Å². The molecule has 0 spiro atoms. The maximum Gasteiger partial charge on any atom is 0.130 e. The molecule has 70 valence electrons. The molecule has 0 aliphatic heterocycles. The third-order valence-electron chi connectivity index (χ3n) is 2.49. The molecule has 2 nitrogen and oxygen atoms in total. The minimum atomic E-state index is -0.00366. The number of nitrogens with two attached hydrogens (primary N) is 1. The van der Waals surface area contributed by atoms with Crippen molar-refractivity contribution < 1.29 is 5.11 Å². The summed E-state index contributed by atoms with van der Waals surface area (Å²) in [5.74, 6) is 0.293. The Hall–Kier alpha value is -0.540. The molecule has 3 heteroatoms. The van der Waals surface area contributed by atoms with E-state index < -0.39 is 0 Å². The van der Waals surface area contributed by atoms with Gasteiger partial charge < -0.3 is 10.8 Å². The predicted molar refractivity (Wildman–Crippen MR) is 55.7 cm³/mol. The van der Waals surface area contributed by atoms with Crippen LogP contribution >= 0.6 is 15.9 Å². The van der Waals surface area contributed by atoms with Gasteiger partial charge in [-0.25, -0.2) is 0 Å². The Labute approximate surface area is 85.9 Å². The number of phenols is 1. The fourth-order valence-electron chi connectivity index (χ4n) is 1.42. The van der Waals surface area contributed by atoms with Crippen molar-refractivity contribution in [2.24, 2.45) is 5.73 Å². The van der Waals surface area contributed by atoms with Crippen LogP contribution in [0.4, 0.5) is 0 Å². The van der Waals surface area contributed by atoms with Crippen molar-refractivity contribution in [3.63, 3.8) is 0 Å². The van der Waals surface area contributed by atoms with E-state index in [9.17, 15) is 5.11 Å². The van der Waals surface area contributed by atoms with Crippen molar-refractivity contribution in [3.05, 3.63) is 28.2 Å². The van der Waals surface area contributed by atoms with Crippen molar-refractivity contribution in [2.75, 3.05) is 0 Å². The third kappa shape index (κ3) is 1.86. The Morgan fingerprint density at radius 1 is 1.46 bits per heavy atom. The normalized spacial score (nSPS) is 18.6. The molecule has 1 aromatic rings. The number of phenolic OH excluding ortho intramolecular Hbond substituents is 1. The highest BCUT2D eigenvalue weighted by Crippen LogP contribution is 2.38. The second kappa shape index (κ2) is 3.00. The Morgan fingerprint density at radius 2 is 2.15 bits per heavy atom. The quantitative estimate of drug-likeness (QED) is 0.834. The van der Waals surface area contributed by atoms with Crippen LogP contribution in [0.25, 0.3) is 0 Å². The minimum absolute atomic E-state index is 0.00366. The first-order chi connectivity index (χ1) is 6.11. The number of benzene rings is 1. The summed E-state index contributed by atoms with van der Waals surface area (Å²) in [5.41, 5.74) is 7.09. The number of aromatic hydroxyl groups is 1. The summed E-state index contributed by atoms with van der Waals surface area (Å²) in [6.07, 6.45) is 3.03. The lowest BCUT2D eigenvalue weighted by molar-refractivity contribution is 0.470. The molecule has 0 bridgehead atoms. The Kier molecular flexibility index (Phi) is 2.08.